The molecule has 0 aliphatic carbocycles. The number of Topliss-reactive ketones (excluding diaryl/α,β-unsaturated/α-hetero) is 1. The number of likely N-dealkylation sites (tertiary alicyclic amines) is 1. The summed E-state index contributed by atoms with van der Waals surface area (Å²) in [5, 5.41) is 0. The molecule has 0 N–H and O–H groups in total. The Labute approximate surface area is 74.9 Å². The van der Waals surface area contributed by atoms with Crippen molar-refractivity contribution in [1.29, 1.82) is 0 Å². The smallest absolute Gasteiger partial charge is 0.138 e. The van der Waals surface area contributed by atoms with E-state index in [-0.39, 0.29) is 5.41 Å². The topological polar surface area (TPSA) is 20.3 Å². The van der Waals surface area contributed by atoms with E-state index in [9.17, 15) is 4.79 Å². The van der Waals surface area contributed by atoms with Gasteiger partial charge in [-0.3, -0.25) is 4.79 Å². The number of ketones is 1. The molecule has 2 heteroatoms. The highest BCUT2D eigenvalue weighted by molar-refractivity contribution is 5.83. The Hall–Kier alpha value is -0.370. The monoisotopic (exact) mass is 169 g/mol. The molecule has 2 nitrogen and oxygen atoms in total. The maximum atomic E-state index is 11.2. The van der Waals surface area contributed by atoms with E-state index < -0.39 is 0 Å². The molecule has 0 radical (unpaired) electrons. The molecule has 0 saturated carbocycles. The summed E-state index contributed by atoms with van der Waals surface area (Å²) in [6.07, 6.45) is 0. The normalized spacial score (nSPS) is 22.4. The van der Waals surface area contributed by atoms with Crippen molar-refractivity contribution in [3.8, 4) is 0 Å². The molecular weight excluding hydrogens is 150 g/mol. The quantitative estimate of drug-likeness (QED) is 0.639. The lowest BCUT2D eigenvalue weighted by atomic mass is 9.78. The highest BCUT2D eigenvalue weighted by Gasteiger charge is 2.42. The number of rotatable bonds is 3. The molecule has 0 aromatic heterocycles. The highest BCUT2D eigenvalue weighted by atomic mass is 16.1. The van der Waals surface area contributed by atoms with E-state index in [2.05, 4.69) is 25.7 Å². The zero-order chi connectivity index (χ0) is 9.35. The Kier molecular flexibility index (Phi) is 2.57. The number of nitrogens with zero attached hydrogens (tertiary/aromatic N) is 1. The molecular formula is C10H19NO. The van der Waals surface area contributed by atoms with Crippen LogP contribution in [0.3, 0.4) is 0 Å². The van der Waals surface area contributed by atoms with Crippen molar-refractivity contribution in [3.05, 3.63) is 0 Å². The first-order chi connectivity index (χ1) is 5.44. The van der Waals surface area contributed by atoms with Crippen LogP contribution in [0.5, 0.6) is 0 Å². The van der Waals surface area contributed by atoms with Gasteiger partial charge in [-0.1, -0.05) is 20.8 Å². The first-order valence-corrected chi connectivity index (χ1v) is 4.67. The SMILES string of the molecule is CC(=O)C1(C)CN(CC(C)C)C1. The molecule has 12 heavy (non-hydrogen) atoms. The van der Waals surface area contributed by atoms with Gasteiger partial charge in [0.15, 0.2) is 0 Å². The van der Waals surface area contributed by atoms with E-state index in [0.717, 1.165) is 19.6 Å². The number of carbonyl (C=O) groups excluding carboxylic acids is 1. The molecule has 70 valence electrons. The molecule has 1 heterocycles. The Morgan fingerprint density at radius 1 is 1.50 bits per heavy atom. The Morgan fingerprint density at radius 3 is 2.33 bits per heavy atom. The van der Waals surface area contributed by atoms with Gasteiger partial charge in [-0.05, 0) is 12.8 Å². The largest absolute Gasteiger partial charge is 0.301 e. The molecule has 0 unspecified atom stereocenters. The summed E-state index contributed by atoms with van der Waals surface area (Å²) in [5.74, 6) is 1.05. The van der Waals surface area contributed by atoms with Crippen molar-refractivity contribution < 1.29 is 4.79 Å². The van der Waals surface area contributed by atoms with Gasteiger partial charge < -0.3 is 4.90 Å². The van der Waals surface area contributed by atoms with E-state index >= 15 is 0 Å². The molecule has 0 bridgehead atoms. The lowest BCUT2D eigenvalue weighted by molar-refractivity contribution is -0.135. The van der Waals surface area contributed by atoms with Gasteiger partial charge in [-0.25, -0.2) is 0 Å². The van der Waals surface area contributed by atoms with Crippen molar-refractivity contribution in [2.24, 2.45) is 11.3 Å². The van der Waals surface area contributed by atoms with Crippen LogP contribution in [0.25, 0.3) is 0 Å². The van der Waals surface area contributed by atoms with Crippen molar-refractivity contribution in [2.75, 3.05) is 19.6 Å². The summed E-state index contributed by atoms with van der Waals surface area (Å²) in [5.41, 5.74) is -0.0328. The lowest BCUT2D eigenvalue weighted by Gasteiger charge is -2.47. The van der Waals surface area contributed by atoms with Gasteiger partial charge in [0, 0.05) is 19.6 Å². The van der Waals surface area contributed by atoms with E-state index in [1.165, 1.54) is 0 Å². The van der Waals surface area contributed by atoms with Crippen LogP contribution in [0.4, 0.5) is 0 Å². The Morgan fingerprint density at radius 2 is 2.00 bits per heavy atom. The van der Waals surface area contributed by atoms with Gasteiger partial charge in [0.05, 0.1) is 5.41 Å². The van der Waals surface area contributed by atoms with Crippen molar-refractivity contribution in [1.82, 2.24) is 4.90 Å². The molecule has 1 aliphatic rings. The first-order valence-electron chi connectivity index (χ1n) is 4.67. The van der Waals surface area contributed by atoms with Gasteiger partial charge >= 0.3 is 0 Å². The summed E-state index contributed by atoms with van der Waals surface area (Å²) >= 11 is 0. The third-order valence-corrected chi connectivity index (χ3v) is 2.62. The molecule has 1 aliphatic heterocycles. The second kappa shape index (κ2) is 3.17. The molecule has 1 saturated heterocycles. The highest BCUT2D eigenvalue weighted by Crippen LogP contribution is 2.30. The minimum atomic E-state index is -0.0328. The molecule has 0 atom stereocenters. The summed E-state index contributed by atoms with van der Waals surface area (Å²) < 4.78 is 0. The number of hydrogen-bond acceptors (Lipinski definition) is 2. The van der Waals surface area contributed by atoms with Crippen LogP contribution >= 0.6 is 0 Å². The second-order valence-corrected chi connectivity index (χ2v) is 4.68. The van der Waals surface area contributed by atoms with E-state index in [0.29, 0.717) is 11.7 Å². The van der Waals surface area contributed by atoms with Crippen LogP contribution in [0.15, 0.2) is 0 Å². The van der Waals surface area contributed by atoms with Crippen LogP contribution in [-0.2, 0) is 4.79 Å². The average molecular weight is 169 g/mol. The summed E-state index contributed by atoms with van der Waals surface area (Å²) in [7, 11) is 0. The van der Waals surface area contributed by atoms with Gasteiger partial charge in [0.25, 0.3) is 0 Å². The fourth-order valence-corrected chi connectivity index (χ4v) is 1.81. The standard InChI is InChI=1S/C10H19NO/c1-8(2)5-11-6-10(4,7-11)9(3)12/h8H,5-7H2,1-4H3. The first kappa shape index (κ1) is 9.72. The fourth-order valence-electron chi connectivity index (χ4n) is 1.81. The van der Waals surface area contributed by atoms with Gasteiger partial charge in [-0.2, -0.15) is 0 Å². The molecule has 0 spiro atoms. The summed E-state index contributed by atoms with van der Waals surface area (Å²) in [6, 6.07) is 0. The third kappa shape index (κ3) is 1.86. The predicted octanol–water partition coefficient (Wildman–Crippen LogP) is 1.55. The number of hydrogen-bond donors (Lipinski definition) is 0. The maximum absolute atomic E-state index is 11.2. The molecule has 0 amide bonds. The molecule has 1 fully saturated rings. The van der Waals surface area contributed by atoms with Crippen LogP contribution in [0.1, 0.15) is 27.7 Å². The van der Waals surface area contributed by atoms with Crippen molar-refractivity contribution >= 4 is 5.78 Å². The minimum Gasteiger partial charge on any atom is -0.301 e. The lowest BCUT2D eigenvalue weighted by Crippen LogP contribution is -2.58. The Bertz CT molecular complexity index is 180. The van der Waals surface area contributed by atoms with Gasteiger partial charge in [0.2, 0.25) is 0 Å². The van der Waals surface area contributed by atoms with Crippen molar-refractivity contribution in [3.63, 3.8) is 0 Å². The maximum Gasteiger partial charge on any atom is 0.138 e. The van der Waals surface area contributed by atoms with E-state index in [1.807, 2.05) is 0 Å². The fraction of sp³-hybridized carbons (Fsp3) is 0.900. The Balaban J connectivity index is 2.32. The van der Waals surface area contributed by atoms with E-state index in [4.69, 9.17) is 0 Å². The predicted molar refractivity (Wildman–Crippen MR) is 50.1 cm³/mol. The van der Waals surface area contributed by atoms with Gasteiger partial charge in [0.1, 0.15) is 5.78 Å². The zero-order valence-electron chi connectivity index (χ0n) is 8.55. The third-order valence-electron chi connectivity index (χ3n) is 2.62. The van der Waals surface area contributed by atoms with Crippen LogP contribution in [0.2, 0.25) is 0 Å². The molecule has 1 rings (SSSR count). The minimum absolute atomic E-state index is 0.0328. The van der Waals surface area contributed by atoms with Crippen LogP contribution in [-0.4, -0.2) is 30.3 Å². The van der Waals surface area contributed by atoms with Crippen LogP contribution < -0.4 is 0 Å². The van der Waals surface area contributed by atoms with Crippen molar-refractivity contribution in [2.45, 2.75) is 27.7 Å². The molecule has 0 aromatic carbocycles. The summed E-state index contributed by atoms with van der Waals surface area (Å²) in [4.78, 5) is 13.5. The van der Waals surface area contributed by atoms with E-state index in [1.54, 1.807) is 6.92 Å². The zero-order valence-corrected chi connectivity index (χ0v) is 8.55. The summed E-state index contributed by atoms with van der Waals surface area (Å²) in [6.45, 7) is 11.2. The van der Waals surface area contributed by atoms with Gasteiger partial charge in [-0.15, -0.1) is 0 Å². The average Bonchev–Trinajstić information content (AvgIpc) is 1.82. The number of carbonyl (C=O) groups is 1. The van der Waals surface area contributed by atoms with Crippen LogP contribution in [0, 0.1) is 11.3 Å². The second-order valence-electron chi connectivity index (χ2n) is 4.68. The molecule has 0 aromatic rings.